The van der Waals surface area contributed by atoms with E-state index in [1.807, 2.05) is 0 Å². The fourth-order valence-corrected chi connectivity index (χ4v) is 1.53. The Bertz CT molecular complexity index is 379. The van der Waals surface area contributed by atoms with Gasteiger partial charge in [-0.3, -0.25) is 0 Å². The Labute approximate surface area is 87.9 Å². The highest BCUT2D eigenvalue weighted by Gasteiger charge is 2.15. The van der Waals surface area contributed by atoms with Gasteiger partial charge in [-0.1, -0.05) is 0 Å². The van der Waals surface area contributed by atoms with Gasteiger partial charge in [0.15, 0.2) is 0 Å². The zero-order valence-electron chi connectivity index (χ0n) is 8.62. The van der Waals surface area contributed by atoms with Crippen LogP contribution in [-0.4, -0.2) is 29.1 Å². The maximum atomic E-state index is 11.4. The summed E-state index contributed by atoms with van der Waals surface area (Å²) in [6, 6.07) is 0. The van der Waals surface area contributed by atoms with E-state index in [0.717, 1.165) is 30.8 Å². The fraction of sp³-hybridized carbons (Fsp3) is 0.500. The number of hydrogen-bond acceptors (Lipinski definition) is 5. The van der Waals surface area contributed by atoms with E-state index < -0.39 is 5.97 Å². The molecule has 80 valence electrons. The molecule has 5 heteroatoms. The molecule has 1 aliphatic heterocycles. The van der Waals surface area contributed by atoms with Crippen molar-refractivity contribution in [3.8, 4) is 0 Å². The van der Waals surface area contributed by atoms with Crippen LogP contribution in [0.15, 0.2) is 6.20 Å². The Morgan fingerprint density at radius 3 is 3.33 bits per heavy atom. The first-order valence-corrected chi connectivity index (χ1v) is 5.04. The van der Waals surface area contributed by atoms with Crippen molar-refractivity contribution in [1.29, 1.82) is 0 Å². The van der Waals surface area contributed by atoms with Crippen molar-refractivity contribution in [2.75, 3.05) is 13.2 Å². The summed E-state index contributed by atoms with van der Waals surface area (Å²) in [5.74, 6) is -0.281. The van der Waals surface area contributed by atoms with Crippen molar-refractivity contribution in [2.24, 2.45) is 0 Å². The van der Waals surface area contributed by atoms with Gasteiger partial charge in [0, 0.05) is 31.3 Å². The molecule has 2 heterocycles. The van der Waals surface area contributed by atoms with Crippen molar-refractivity contribution in [3.63, 3.8) is 0 Å². The molecule has 0 aromatic carbocycles. The summed E-state index contributed by atoms with van der Waals surface area (Å²) in [7, 11) is 0. The zero-order chi connectivity index (χ0) is 10.7. The van der Waals surface area contributed by atoms with Crippen LogP contribution in [0.25, 0.3) is 0 Å². The third-order valence-electron chi connectivity index (χ3n) is 2.27. The van der Waals surface area contributed by atoms with E-state index in [9.17, 15) is 4.79 Å². The molecule has 0 saturated heterocycles. The Morgan fingerprint density at radius 1 is 1.67 bits per heavy atom. The topological polar surface area (TPSA) is 64.1 Å². The predicted octanol–water partition coefficient (Wildman–Crippen LogP) is 0.299. The number of nitrogens with zero attached hydrogens (tertiary/aromatic N) is 2. The largest absolute Gasteiger partial charge is 0.460 e. The van der Waals surface area contributed by atoms with Gasteiger partial charge in [-0.15, -0.1) is 0 Å². The van der Waals surface area contributed by atoms with E-state index in [4.69, 9.17) is 4.74 Å². The maximum Gasteiger partial charge on any atom is 0.376 e. The van der Waals surface area contributed by atoms with E-state index in [0.29, 0.717) is 6.61 Å². The second kappa shape index (κ2) is 4.35. The highest BCUT2D eigenvalue weighted by molar-refractivity contribution is 5.85. The molecule has 0 saturated carbocycles. The average Bonchev–Trinajstić information content (AvgIpc) is 2.29. The molecule has 0 bridgehead atoms. The van der Waals surface area contributed by atoms with E-state index in [1.54, 1.807) is 13.1 Å². The number of ether oxygens (including phenoxy) is 1. The quantitative estimate of drug-likeness (QED) is 0.706. The molecule has 1 N–H and O–H groups in total. The summed E-state index contributed by atoms with van der Waals surface area (Å²) < 4.78 is 4.84. The molecule has 0 fully saturated rings. The van der Waals surface area contributed by atoms with Gasteiger partial charge in [-0.05, 0) is 6.92 Å². The van der Waals surface area contributed by atoms with Crippen LogP contribution in [-0.2, 0) is 17.7 Å². The van der Waals surface area contributed by atoms with Gasteiger partial charge in [-0.2, -0.15) is 0 Å². The number of fused-ring (bicyclic) bond motifs is 1. The third kappa shape index (κ3) is 2.12. The molecule has 15 heavy (non-hydrogen) atoms. The second-order valence-corrected chi connectivity index (χ2v) is 3.31. The Kier molecular flexibility index (Phi) is 2.91. The summed E-state index contributed by atoms with van der Waals surface area (Å²) >= 11 is 0. The first-order valence-electron chi connectivity index (χ1n) is 5.04. The predicted molar refractivity (Wildman–Crippen MR) is 53.4 cm³/mol. The lowest BCUT2D eigenvalue weighted by molar-refractivity contribution is 0.0511. The monoisotopic (exact) mass is 207 g/mol. The van der Waals surface area contributed by atoms with Crippen LogP contribution in [0.3, 0.4) is 0 Å². The molecule has 0 atom stereocenters. The molecule has 0 unspecified atom stereocenters. The second-order valence-electron chi connectivity index (χ2n) is 3.31. The van der Waals surface area contributed by atoms with Crippen molar-refractivity contribution in [3.05, 3.63) is 23.3 Å². The van der Waals surface area contributed by atoms with Gasteiger partial charge in [0.25, 0.3) is 0 Å². The summed E-state index contributed by atoms with van der Waals surface area (Å²) in [6.45, 7) is 3.78. The number of carbonyl (C=O) groups excluding carboxylic acids is 1. The molecule has 2 rings (SSSR count). The fourth-order valence-electron chi connectivity index (χ4n) is 1.53. The Morgan fingerprint density at radius 2 is 2.53 bits per heavy atom. The molecule has 0 amide bonds. The zero-order valence-corrected chi connectivity index (χ0v) is 8.62. The van der Waals surface area contributed by atoms with Crippen LogP contribution < -0.4 is 5.32 Å². The van der Waals surface area contributed by atoms with E-state index in [-0.39, 0.29) is 5.82 Å². The van der Waals surface area contributed by atoms with Crippen molar-refractivity contribution >= 4 is 5.97 Å². The highest BCUT2D eigenvalue weighted by atomic mass is 16.5. The van der Waals surface area contributed by atoms with Crippen LogP contribution in [0, 0.1) is 0 Å². The van der Waals surface area contributed by atoms with Crippen LogP contribution >= 0.6 is 0 Å². The smallest absolute Gasteiger partial charge is 0.376 e. The van der Waals surface area contributed by atoms with Crippen LogP contribution in [0.1, 0.15) is 28.8 Å². The first kappa shape index (κ1) is 10.0. The number of rotatable bonds is 2. The molecule has 1 aromatic heterocycles. The van der Waals surface area contributed by atoms with Gasteiger partial charge in [0.1, 0.15) is 0 Å². The van der Waals surface area contributed by atoms with Crippen LogP contribution in [0.5, 0.6) is 0 Å². The molecular formula is C10H13N3O2. The molecular weight excluding hydrogens is 194 g/mol. The van der Waals surface area contributed by atoms with Gasteiger partial charge < -0.3 is 10.1 Å². The number of nitrogens with one attached hydrogen (secondary N) is 1. The minimum atomic E-state index is -0.446. The first-order chi connectivity index (χ1) is 7.31. The Balaban J connectivity index is 2.24. The summed E-state index contributed by atoms with van der Waals surface area (Å²) in [4.78, 5) is 19.6. The number of carbonyl (C=O) groups is 1. The minimum Gasteiger partial charge on any atom is -0.460 e. The average molecular weight is 207 g/mol. The number of hydrogen-bond donors (Lipinski definition) is 1. The normalized spacial score (nSPS) is 14.5. The lowest BCUT2D eigenvalue weighted by Crippen LogP contribution is -2.26. The van der Waals surface area contributed by atoms with Crippen LogP contribution in [0.4, 0.5) is 0 Å². The van der Waals surface area contributed by atoms with Crippen molar-refractivity contribution in [2.45, 2.75) is 19.9 Å². The number of esters is 1. The lowest BCUT2D eigenvalue weighted by atomic mass is 10.1. The molecule has 0 aliphatic carbocycles. The molecule has 0 radical (unpaired) electrons. The lowest BCUT2D eigenvalue weighted by Gasteiger charge is -2.15. The van der Waals surface area contributed by atoms with Gasteiger partial charge in [-0.25, -0.2) is 14.8 Å². The number of aromatic nitrogens is 2. The van der Waals surface area contributed by atoms with Crippen molar-refractivity contribution < 1.29 is 9.53 Å². The van der Waals surface area contributed by atoms with E-state index in [2.05, 4.69) is 15.3 Å². The molecule has 1 aliphatic rings. The standard InChI is InChI=1S/C10H13N3O2/c1-2-15-10(14)9-12-6-7-5-11-4-3-8(7)13-9/h6,11H,2-5H2,1H3. The maximum absolute atomic E-state index is 11.4. The third-order valence-corrected chi connectivity index (χ3v) is 2.27. The van der Waals surface area contributed by atoms with Gasteiger partial charge >= 0.3 is 5.97 Å². The highest BCUT2D eigenvalue weighted by Crippen LogP contribution is 2.10. The molecule has 5 nitrogen and oxygen atoms in total. The minimum absolute atomic E-state index is 0.164. The van der Waals surface area contributed by atoms with Crippen molar-refractivity contribution in [1.82, 2.24) is 15.3 Å². The summed E-state index contributed by atoms with van der Waals surface area (Å²) in [6.07, 6.45) is 2.53. The molecule has 0 spiro atoms. The Hall–Kier alpha value is -1.49. The van der Waals surface area contributed by atoms with Crippen LogP contribution in [0.2, 0.25) is 0 Å². The van der Waals surface area contributed by atoms with Gasteiger partial charge in [0.2, 0.25) is 5.82 Å². The van der Waals surface area contributed by atoms with E-state index >= 15 is 0 Å². The van der Waals surface area contributed by atoms with Gasteiger partial charge in [0.05, 0.1) is 12.3 Å². The molecule has 1 aromatic rings. The SMILES string of the molecule is CCOC(=O)c1ncc2c(n1)CCNC2. The summed E-state index contributed by atoms with van der Waals surface area (Å²) in [5, 5.41) is 3.22. The summed E-state index contributed by atoms with van der Waals surface area (Å²) in [5.41, 5.74) is 2.01. The van der Waals surface area contributed by atoms with E-state index in [1.165, 1.54) is 0 Å².